The van der Waals surface area contributed by atoms with Crippen LogP contribution in [-0.2, 0) is 6.42 Å². The van der Waals surface area contributed by atoms with Gasteiger partial charge in [0.25, 0.3) is 5.69 Å². The molecule has 1 aromatic heterocycles. The van der Waals surface area contributed by atoms with Gasteiger partial charge in [-0.15, -0.1) is 0 Å². The van der Waals surface area contributed by atoms with Gasteiger partial charge >= 0.3 is 0 Å². The summed E-state index contributed by atoms with van der Waals surface area (Å²) >= 11 is 0. The van der Waals surface area contributed by atoms with Crippen molar-refractivity contribution in [3.8, 4) is 28.6 Å². The highest BCUT2D eigenvalue weighted by Gasteiger charge is 2.18. The Balaban J connectivity index is 2.00. The molecule has 0 spiro atoms. The van der Waals surface area contributed by atoms with Crippen molar-refractivity contribution in [1.29, 1.82) is 5.26 Å². The van der Waals surface area contributed by atoms with E-state index in [2.05, 4.69) is 21.5 Å². The summed E-state index contributed by atoms with van der Waals surface area (Å²) < 4.78 is 0. The van der Waals surface area contributed by atoms with Crippen molar-refractivity contribution in [3.05, 3.63) is 60.2 Å². The second-order valence-electron chi connectivity index (χ2n) is 4.47. The van der Waals surface area contributed by atoms with E-state index in [4.69, 9.17) is 5.26 Å². The summed E-state index contributed by atoms with van der Waals surface area (Å²) in [7, 11) is 0. The molecular weight excluding hydrogens is 248 g/mol. The first-order valence-electron chi connectivity index (χ1n) is 6.36. The molecule has 0 saturated heterocycles. The topological polar surface area (TPSA) is 66.6 Å². The van der Waals surface area contributed by atoms with E-state index in [1.165, 1.54) is 0 Å². The van der Waals surface area contributed by atoms with E-state index >= 15 is 0 Å². The van der Waals surface area contributed by atoms with Crippen LogP contribution < -0.4 is 5.10 Å². The molecule has 0 atom stereocenters. The number of rotatable bonds is 3. The summed E-state index contributed by atoms with van der Waals surface area (Å²) in [5, 5.41) is 18.9. The van der Waals surface area contributed by atoms with Gasteiger partial charge in [-0.05, 0) is 17.7 Å². The second kappa shape index (κ2) is 5.37. The lowest BCUT2D eigenvalue weighted by Crippen LogP contribution is -2.05. The monoisotopic (exact) mass is 261 g/mol. The highest BCUT2D eigenvalue weighted by Crippen LogP contribution is 2.26. The van der Waals surface area contributed by atoms with Crippen LogP contribution in [0.25, 0.3) is 22.5 Å². The molecule has 0 fully saturated rings. The highest BCUT2D eigenvalue weighted by molar-refractivity contribution is 5.75. The first-order valence-corrected chi connectivity index (χ1v) is 6.36. The molecule has 2 aromatic carbocycles. The van der Waals surface area contributed by atoms with Crippen LogP contribution in [0.5, 0.6) is 0 Å². The number of hydrogen-bond donors (Lipinski definition) is 1. The van der Waals surface area contributed by atoms with E-state index in [9.17, 15) is 0 Å². The fourth-order valence-electron chi connectivity index (χ4n) is 2.15. The van der Waals surface area contributed by atoms with Crippen LogP contribution in [0.4, 0.5) is 0 Å². The van der Waals surface area contributed by atoms with E-state index in [0.717, 1.165) is 28.1 Å². The maximum atomic E-state index is 8.69. The molecule has 3 aromatic rings. The third-order valence-corrected chi connectivity index (χ3v) is 3.16. The van der Waals surface area contributed by atoms with E-state index in [-0.39, 0.29) is 0 Å². The van der Waals surface area contributed by atoms with Crippen LogP contribution in [0.1, 0.15) is 5.56 Å². The number of aromatic amines is 2. The minimum Gasteiger partial charge on any atom is -0.198 e. The Morgan fingerprint density at radius 2 is 1.75 bits per heavy atom. The number of hydrogen-bond acceptors (Lipinski definition) is 2. The van der Waals surface area contributed by atoms with Gasteiger partial charge in [0.2, 0.25) is 5.69 Å². The lowest BCUT2D eigenvalue weighted by atomic mass is 10.0. The predicted molar refractivity (Wildman–Crippen MR) is 75.3 cm³/mol. The Labute approximate surface area is 116 Å². The van der Waals surface area contributed by atoms with Gasteiger partial charge in [-0.2, -0.15) is 10.4 Å². The van der Waals surface area contributed by atoms with Gasteiger partial charge in [-0.1, -0.05) is 47.7 Å². The molecule has 20 heavy (non-hydrogen) atoms. The Hall–Kier alpha value is -2.93. The molecule has 0 bridgehead atoms. The third kappa shape index (κ3) is 2.29. The minimum atomic E-state index is 0.429. The highest BCUT2D eigenvalue weighted by atomic mass is 15.3. The molecule has 3 rings (SSSR count). The third-order valence-electron chi connectivity index (χ3n) is 3.16. The van der Waals surface area contributed by atoms with Crippen molar-refractivity contribution in [1.82, 2.24) is 10.3 Å². The number of H-pyrrole nitrogens is 2. The zero-order valence-electron chi connectivity index (χ0n) is 10.8. The van der Waals surface area contributed by atoms with Gasteiger partial charge in [-0.3, -0.25) is 0 Å². The quantitative estimate of drug-likeness (QED) is 0.787. The normalized spacial score (nSPS) is 10.2. The number of benzene rings is 2. The molecule has 0 aliphatic rings. The Kier molecular flexibility index (Phi) is 3.25. The standard InChI is InChI=1S/C16H12N4/c17-11-10-12-6-8-14(9-7-12)16-15(18-20-19-16)13-4-2-1-3-5-13/h1-9H,10H2,(H,18,19,20)/p+1. The lowest BCUT2D eigenvalue weighted by molar-refractivity contribution is -0.443. The van der Waals surface area contributed by atoms with E-state index in [1.807, 2.05) is 54.6 Å². The molecule has 2 N–H and O–H groups in total. The minimum absolute atomic E-state index is 0.429. The molecule has 0 saturated carbocycles. The average molecular weight is 261 g/mol. The molecule has 4 nitrogen and oxygen atoms in total. The van der Waals surface area contributed by atoms with Crippen LogP contribution in [0, 0.1) is 11.3 Å². The van der Waals surface area contributed by atoms with E-state index in [1.54, 1.807) is 0 Å². The van der Waals surface area contributed by atoms with Crippen LogP contribution in [0.15, 0.2) is 54.6 Å². The van der Waals surface area contributed by atoms with E-state index in [0.29, 0.717) is 6.42 Å². The van der Waals surface area contributed by atoms with Gasteiger partial charge in [-0.25, -0.2) is 0 Å². The zero-order valence-corrected chi connectivity index (χ0v) is 10.8. The summed E-state index contributed by atoms with van der Waals surface area (Å²) in [6.45, 7) is 0. The fraction of sp³-hybridized carbons (Fsp3) is 0.0625. The molecule has 1 heterocycles. The fourth-order valence-corrected chi connectivity index (χ4v) is 2.15. The summed E-state index contributed by atoms with van der Waals surface area (Å²) in [4.78, 5) is 0. The van der Waals surface area contributed by atoms with Gasteiger partial charge in [0, 0.05) is 16.2 Å². The first kappa shape index (κ1) is 12.1. The van der Waals surface area contributed by atoms with Crippen molar-refractivity contribution in [2.45, 2.75) is 6.42 Å². The molecule has 4 heteroatoms. The molecule has 0 unspecified atom stereocenters. The van der Waals surface area contributed by atoms with Crippen molar-refractivity contribution < 1.29 is 5.10 Å². The number of aromatic nitrogens is 3. The van der Waals surface area contributed by atoms with Crippen LogP contribution in [0.2, 0.25) is 0 Å². The second-order valence-corrected chi connectivity index (χ2v) is 4.47. The largest absolute Gasteiger partial charge is 0.256 e. The summed E-state index contributed by atoms with van der Waals surface area (Å²) in [5.41, 5.74) is 4.94. The van der Waals surface area contributed by atoms with Gasteiger partial charge in [0.15, 0.2) is 0 Å². The smallest absolute Gasteiger partial charge is 0.198 e. The predicted octanol–water partition coefficient (Wildman–Crippen LogP) is 2.62. The lowest BCUT2D eigenvalue weighted by Gasteiger charge is -1.98. The zero-order chi connectivity index (χ0) is 13.8. The molecule has 96 valence electrons. The van der Waals surface area contributed by atoms with Gasteiger partial charge in [0.1, 0.15) is 0 Å². The van der Waals surface area contributed by atoms with Crippen molar-refractivity contribution in [3.63, 3.8) is 0 Å². The molecule has 0 aliphatic carbocycles. The summed E-state index contributed by atoms with van der Waals surface area (Å²) in [6, 6.07) is 20.1. The number of nitriles is 1. The van der Waals surface area contributed by atoms with E-state index < -0.39 is 0 Å². The van der Waals surface area contributed by atoms with Crippen LogP contribution >= 0.6 is 0 Å². The summed E-state index contributed by atoms with van der Waals surface area (Å²) in [6.07, 6.45) is 0.429. The van der Waals surface area contributed by atoms with Crippen LogP contribution in [-0.4, -0.2) is 10.3 Å². The van der Waals surface area contributed by atoms with Crippen molar-refractivity contribution in [2.24, 2.45) is 0 Å². The molecule has 0 aliphatic heterocycles. The van der Waals surface area contributed by atoms with Gasteiger partial charge in [0.05, 0.1) is 12.5 Å². The Morgan fingerprint density at radius 3 is 2.45 bits per heavy atom. The van der Waals surface area contributed by atoms with Crippen LogP contribution in [0.3, 0.4) is 0 Å². The molecule has 0 amide bonds. The molecular formula is C16H13N4+. The number of nitrogens with one attached hydrogen (secondary N) is 2. The maximum absolute atomic E-state index is 8.69. The Bertz CT molecular complexity index is 736. The van der Waals surface area contributed by atoms with Crippen molar-refractivity contribution in [2.75, 3.05) is 0 Å². The maximum Gasteiger partial charge on any atom is 0.256 e. The van der Waals surface area contributed by atoms with Crippen molar-refractivity contribution >= 4 is 0 Å². The first-order chi connectivity index (χ1) is 9.88. The molecule has 0 radical (unpaired) electrons. The average Bonchev–Trinajstić information content (AvgIpc) is 2.99. The SMILES string of the molecule is N#CCc1ccc(-c2n[nH][nH+]c2-c2ccccc2)cc1. The Morgan fingerprint density at radius 1 is 1.00 bits per heavy atom. The number of nitrogens with zero attached hydrogens (tertiary/aromatic N) is 2. The summed E-state index contributed by atoms with van der Waals surface area (Å²) in [5.74, 6) is 0. The van der Waals surface area contributed by atoms with Gasteiger partial charge < -0.3 is 0 Å².